The van der Waals surface area contributed by atoms with Crippen molar-refractivity contribution < 1.29 is 22.0 Å². The molecule has 0 unspecified atom stereocenters. The van der Waals surface area contributed by atoms with Crippen LogP contribution in [0.5, 0.6) is 0 Å². The summed E-state index contributed by atoms with van der Waals surface area (Å²) in [7, 11) is 0. The summed E-state index contributed by atoms with van der Waals surface area (Å²) in [6.45, 7) is 3.19. The van der Waals surface area contributed by atoms with Gasteiger partial charge in [0.05, 0.1) is 0 Å². The van der Waals surface area contributed by atoms with Crippen LogP contribution in [-0.4, -0.2) is 0 Å². The second-order valence-electron chi connectivity index (χ2n) is 6.20. The van der Waals surface area contributed by atoms with Crippen molar-refractivity contribution in [1.82, 2.24) is 0 Å². The summed E-state index contributed by atoms with van der Waals surface area (Å²) in [4.78, 5) is 0. The number of allylic oxidation sites excluding steroid dienone is 2. The quantitative estimate of drug-likeness (QED) is 0.178. The standard InChI is InChI=1S/C24H15F5/c1-2-20(25)23(28)18-11-7-16(8-12-18)4-3-15-5-9-17(10-6-15)19-13-21(26)24(29)22(27)14-19/h2-14H,1H2. The first kappa shape index (κ1) is 20.3. The number of halogens is 5. The maximum absolute atomic E-state index is 13.7. The molecule has 0 radical (unpaired) electrons. The molecule has 0 nitrogen and oxygen atoms in total. The Bertz CT molecular complexity index is 1070. The van der Waals surface area contributed by atoms with E-state index in [0.717, 1.165) is 29.3 Å². The Kier molecular flexibility index (Phi) is 6.07. The SMILES string of the molecule is C=CC(F)=C(F)c1ccc(C=Cc2ccc(-c3cc(F)c(F)c(F)c3)cc2)cc1. The predicted octanol–water partition coefficient (Wildman–Crippen LogP) is 7.73. The van der Waals surface area contributed by atoms with E-state index in [9.17, 15) is 22.0 Å². The van der Waals surface area contributed by atoms with Gasteiger partial charge in [0.25, 0.3) is 0 Å². The Morgan fingerprint density at radius 3 is 1.66 bits per heavy atom. The van der Waals surface area contributed by atoms with Gasteiger partial charge in [-0.05, 0) is 40.5 Å². The van der Waals surface area contributed by atoms with Gasteiger partial charge in [-0.25, -0.2) is 22.0 Å². The normalized spacial score (nSPS) is 12.2. The summed E-state index contributed by atoms with van der Waals surface area (Å²) in [6, 6.07) is 14.9. The van der Waals surface area contributed by atoms with E-state index in [1.54, 1.807) is 48.6 Å². The van der Waals surface area contributed by atoms with Gasteiger partial charge in [-0.1, -0.05) is 67.3 Å². The highest BCUT2D eigenvalue weighted by Gasteiger charge is 2.11. The Morgan fingerprint density at radius 1 is 0.690 bits per heavy atom. The number of rotatable bonds is 5. The van der Waals surface area contributed by atoms with Gasteiger partial charge in [-0.3, -0.25) is 0 Å². The fraction of sp³-hybridized carbons (Fsp3) is 0. The summed E-state index contributed by atoms with van der Waals surface area (Å²) in [6.07, 6.45) is 4.38. The third-order valence-electron chi connectivity index (χ3n) is 4.25. The molecule has 0 spiro atoms. The number of hydrogen-bond acceptors (Lipinski definition) is 0. The van der Waals surface area contributed by atoms with Crippen molar-refractivity contribution in [3.05, 3.63) is 113 Å². The summed E-state index contributed by atoms with van der Waals surface area (Å²) < 4.78 is 66.8. The molecule has 0 heterocycles. The van der Waals surface area contributed by atoms with E-state index in [1.807, 2.05) is 0 Å². The molecule has 3 rings (SSSR count). The maximum Gasteiger partial charge on any atom is 0.194 e. The molecular formula is C24H15F5. The maximum atomic E-state index is 13.7. The summed E-state index contributed by atoms with van der Waals surface area (Å²) in [5.74, 6) is -5.98. The fourth-order valence-corrected chi connectivity index (χ4v) is 2.67. The average molecular weight is 398 g/mol. The molecule has 0 N–H and O–H groups in total. The lowest BCUT2D eigenvalue weighted by molar-refractivity contribution is 0.448. The molecule has 146 valence electrons. The van der Waals surface area contributed by atoms with E-state index in [0.29, 0.717) is 5.56 Å². The lowest BCUT2D eigenvalue weighted by atomic mass is 10.0. The average Bonchev–Trinajstić information content (AvgIpc) is 2.75. The minimum absolute atomic E-state index is 0.114. The molecule has 0 atom stereocenters. The summed E-state index contributed by atoms with van der Waals surface area (Å²) >= 11 is 0. The predicted molar refractivity (Wildman–Crippen MR) is 106 cm³/mol. The molecule has 5 heteroatoms. The molecule has 3 aromatic rings. The molecular weight excluding hydrogens is 383 g/mol. The summed E-state index contributed by atoms with van der Waals surface area (Å²) in [5.41, 5.74) is 2.46. The van der Waals surface area contributed by atoms with Gasteiger partial charge in [0.1, 0.15) is 0 Å². The monoisotopic (exact) mass is 398 g/mol. The van der Waals surface area contributed by atoms with Crippen LogP contribution < -0.4 is 0 Å². The fourth-order valence-electron chi connectivity index (χ4n) is 2.67. The molecule has 0 bridgehead atoms. The summed E-state index contributed by atoms with van der Waals surface area (Å²) in [5, 5.41) is 0. The molecule has 0 amide bonds. The highest BCUT2D eigenvalue weighted by atomic mass is 19.2. The Labute approximate surface area is 164 Å². The molecule has 0 saturated heterocycles. The molecule has 0 aliphatic heterocycles. The third kappa shape index (κ3) is 4.69. The van der Waals surface area contributed by atoms with Crippen LogP contribution in [0.4, 0.5) is 22.0 Å². The second kappa shape index (κ2) is 8.69. The zero-order valence-corrected chi connectivity index (χ0v) is 15.1. The van der Waals surface area contributed by atoms with E-state index >= 15 is 0 Å². The van der Waals surface area contributed by atoms with Crippen molar-refractivity contribution in [2.75, 3.05) is 0 Å². The minimum atomic E-state index is -1.50. The van der Waals surface area contributed by atoms with Gasteiger partial charge in [0.15, 0.2) is 29.1 Å². The van der Waals surface area contributed by atoms with Crippen LogP contribution in [0.2, 0.25) is 0 Å². The van der Waals surface area contributed by atoms with Crippen LogP contribution in [0.1, 0.15) is 16.7 Å². The second-order valence-corrected chi connectivity index (χ2v) is 6.20. The van der Waals surface area contributed by atoms with E-state index in [2.05, 4.69) is 6.58 Å². The highest BCUT2D eigenvalue weighted by molar-refractivity contribution is 5.73. The zero-order valence-electron chi connectivity index (χ0n) is 15.1. The molecule has 0 saturated carbocycles. The van der Waals surface area contributed by atoms with Gasteiger partial charge in [-0.2, -0.15) is 0 Å². The Balaban J connectivity index is 1.76. The van der Waals surface area contributed by atoms with Crippen molar-refractivity contribution in [3.63, 3.8) is 0 Å². The van der Waals surface area contributed by atoms with Crippen molar-refractivity contribution in [2.24, 2.45) is 0 Å². The lowest BCUT2D eigenvalue weighted by Gasteiger charge is -2.04. The van der Waals surface area contributed by atoms with Gasteiger partial charge < -0.3 is 0 Å². The van der Waals surface area contributed by atoms with E-state index in [4.69, 9.17) is 0 Å². The van der Waals surface area contributed by atoms with Crippen molar-refractivity contribution in [3.8, 4) is 11.1 Å². The molecule has 0 aromatic heterocycles. The van der Waals surface area contributed by atoms with Gasteiger partial charge in [-0.15, -0.1) is 0 Å². The van der Waals surface area contributed by atoms with Crippen LogP contribution >= 0.6 is 0 Å². The van der Waals surface area contributed by atoms with Crippen molar-refractivity contribution >= 4 is 18.0 Å². The largest absolute Gasteiger partial charge is 0.204 e. The zero-order chi connectivity index (χ0) is 21.0. The van der Waals surface area contributed by atoms with E-state index in [1.165, 1.54) is 12.1 Å². The third-order valence-corrected chi connectivity index (χ3v) is 4.25. The van der Waals surface area contributed by atoms with E-state index in [-0.39, 0.29) is 11.1 Å². The topological polar surface area (TPSA) is 0 Å². The first-order valence-electron chi connectivity index (χ1n) is 8.60. The molecule has 3 aromatic carbocycles. The molecule has 0 fully saturated rings. The number of benzene rings is 3. The Hall–Kier alpha value is -3.47. The van der Waals surface area contributed by atoms with Crippen LogP contribution in [0.3, 0.4) is 0 Å². The lowest BCUT2D eigenvalue weighted by Crippen LogP contribution is -1.91. The molecule has 0 aliphatic carbocycles. The Morgan fingerprint density at radius 2 is 1.17 bits per heavy atom. The molecule has 29 heavy (non-hydrogen) atoms. The van der Waals surface area contributed by atoms with Crippen LogP contribution in [0.25, 0.3) is 29.1 Å². The van der Waals surface area contributed by atoms with Gasteiger partial charge in [0, 0.05) is 5.56 Å². The number of hydrogen-bond donors (Lipinski definition) is 0. The smallest absolute Gasteiger partial charge is 0.194 e. The van der Waals surface area contributed by atoms with Crippen LogP contribution in [-0.2, 0) is 0 Å². The first-order valence-corrected chi connectivity index (χ1v) is 8.60. The van der Waals surface area contributed by atoms with Crippen LogP contribution in [0.15, 0.2) is 79.1 Å². The van der Waals surface area contributed by atoms with Crippen molar-refractivity contribution in [2.45, 2.75) is 0 Å². The van der Waals surface area contributed by atoms with Gasteiger partial charge >= 0.3 is 0 Å². The van der Waals surface area contributed by atoms with Gasteiger partial charge in [0.2, 0.25) is 0 Å². The van der Waals surface area contributed by atoms with Crippen molar-refractivity contribution in [1.29, 1.82) is 0 Å². The highest BCUT2D eigenvalue weighted by Crippen LogP contribution is 2.25. The first-order chi connectivity index (χ1) is 13.9. The van der Waals surface area contributed by atoms with E-state index < -0.39 is 29.1 Å². The van der Waals surface area contributed by atoms with Crippen LogP contribution in [0, 0.1) is 17.5 Å². The minimum Gasteiger partial charge on any atom is -0.204 e. The molecule has 0 aliphatic rings.